The van der Waals surface area contributed by atoms with Gasteiger partial charge in [-0.3, -0.25) is 9.59 Å². The van der Waals surface area contributed by atoms with E-state index in [4.69, 9.17) is 10.2 Å². The lowest BCUT2D eigenvalue weighted by Gasteiger charge is -2.21. The number of hydrogen-bond donors (Lipinski definition) is 3. The van der Waals surface area contributed by atoms with Gasteiger partial charge in [-0.2, -0.15) is 0 Å². The molecule has 0 aromatic rings. The van der Waals surface area contributed by atoms with Crippen molar-refractivity contribution in [1.82, 2.24) is 5.32 Å². The molecule has 0 radical (unpaired) electrons. The Morgan fingerprint density at radius 2 is 1.88 bits per heavy atom. The maximum Gasteiger partial charge on any atom is 0.303 e. The fourth-order valence-electron chi connectivity index (χ4n) is 1.39. The number of hydrogen-bond acceptors (Lipinski definition) is 3. The van der Waals surface area contributed by atoms with Crippen molar-refractivity contribution in [3.63, 3.8) is 0 Å². The van der Waals surface area contributed by atoms with E-state index in [0.717, 1.165) is 0 Å². The molecule has 0 heterocycles. The summed E-state index contributed by atoms with van der Waals surface area (Å²) in [6.07, 6.45) is 1.12. The fraction of sp³-hybridized carbons (Fsp3) is 0.818. The van der Waals surface area contributed by atoms with Gasteiger partial charge in [-0.1, -0.05) is 13.8 Å². The third-order valence-corrected chi connectivity index (χ3v) is 2.39. The van der Waals surface area contributed by atoms with Crippen molar-refractivity contribution in [3.8, 4) is 0 Å². The van der Waals surface area contributed by atoms with E-state index >= 15 is 0 Å². The first-order chi connectivity index (χ1) is 7.47. The van der Waals surface area contributed by atoms with E-state index in [2.05, 4.69) is 5.32 Å². The Kier molecular flexibility index (Phi) is 7.54. The summed E-state index contributed by atoms with van der Waals surface area (Å²) in [5, 5.41) is 20.0. The highest BCUT2D eigenvalue weighted by atomic mass is 16.4. The van der Waals surface area contributed by atoms with Crippen molar-refractivity contribution in [2.45, 2.75) is 45.6 Å². The third kappa shape index (κ3) is 7.23. The van der Waals surface area contributed by atoms with E-state index in [1.54, 1.807) is 0 Å². The lowest BCUT2D eigenvalue weighted by atomic mass is 10.0. The zero-order valence-corrected chi connectivity index (χ0v) is 9.90. The molecule has 0 bridgehead atoms. The average Bonchev–Trinajstić information content (AvgIpc) is 2.16. The topological polar surface area (TPSA) is 86.6 Å². The number of aliphatic carboxylic acids is 1. The molecular formula is C11H21NO4. The zero-order chi connectivity index (χ0) is 12.6. The van der Waals surface area contributed by atoms with Crippen LogP contribution in [0.2, 0.25) is 0 Å². The highest BCUT2D eigenvalue weighted by Gasteiger charge is 2.15. The summed E-state index contributed by atoms with van der Waals surface area (Å²) in [6, 6.07) is -0.0395. The highest BCUT2D eigenvalue weighted by Crippen LogP contribution is 2.06. The van der Waals surface area contributed by atoms with E-state index in [1.165, 1.54) is 0 Å². The molecule has 1 amide bonds. The molecule has 0 saturated carbocycles. The number of carboxylic acid groups (broad SMARTS) is 1. The summed E-state index contributed by atoms with van der Waals surface area (Å²) in [5.74, 6) is -0.771. The molecule has 1 atom stereocenters. The molecule has 0 rings (SSSR count). The first kappa shape index (κ1) is 14.9. The minimum Gasteiger partial charge on any atom is -0.481 e. The van der Waals surface area contributed by atoms with Gasteiger partial charge in [0.2, 0.25) is 5.91 Å². The van der Waals surface area contributed by atoms with Gasteiger partial charge in [0, 0.05) is 25.5 Å². The number of carbonyl (C=O) groups excluding carboxylic acids is 1. The Bertz CT molecular complexity index is 228. The fourth-order valence-corrected chi connectivity index (χ4v) is 1.39. The second-order valence-corrected chi connectivity index (χ2v) is 4.18. The molecule has 0 aliphatic carbocycles. The maximum atomic E-state index is 11.4. The summed E-state index contributed by atoms with van der Waals surface area (Å²) >= 11 is 0. The molecule has 94 valence electrons. The van der Waals surface area contributed by atoms with Crippen molar-refractivity contribution in [3.05, 3.63) is 0 Å². The number of amides is 1. The van der Waals surface area contributed by atoms with Gasteiger partial charge in [-0.15, -0.1) is 0 Å². The van der Waals surface area contributed by atoms with Crippen LogP contribution in [-0.4, -0.2) is 34.7 Å². The molecule has 0 fully saturated rings. The normalized spacial score (nSPS) is 12.5. The number of carbonyl (C=O) groups is 2. The van der Waals surface area contributed by atoms with E-state index < -0.39 is 5.97 Å². The number of nitrogens with one attached hydrogen (secondary N) is 1. The smallest absolute Gasteiger partial charge is 0.303 e. The molecule has 0 spiro atoms. The number of rotatable bonds is 8. The summed E-state index contributed by atoms with van der Waals surface area (Å²) < 4.78 is 0. The van der Waals surface area contributed by atoms with Gasteiger partial charge < -0.3 is 15.5 Å². The SMILES string of the molecule is CC(C)C(CCO)NC(=O)CCCC(=O)O. The van der Waals surface area contributed by atoms with Gasteiger partial charge in [-0.25, -0.2) is 0 Å². The van der Waals surface area contributed by atoms with Crippen molar-refractivity contribution < 1.29 is 19.8 Å². The van der Waals surface area contributed by atoms with E-state index in [-0.39, 0.29) is 37.3 Å². The second-order valence-electron chi connectivity index (χ2n) is 4.18. The van der Waals surface area contributed by atoms with E-state index in [9.17, 15) is 9.59 Å². The van der Waals surface area contributed by atoms with Gasteiger partial charge in [0.05, 0.1) is 0 Å². The van der Waals surface area contributed by atoms with Crippen molar-refractivity contribution in [2.24, 2.45) is 5.92 Å². The lowest BCUT2D eigenvalue weighted by Crippen LogP contribution is -2.39. The lowest BCUT2D eigenvalue weighted by molar-refractivity contribution is -0.137. The molecule has 5 nitrogen and oxygen atoms in total. The molecule has 0 aromatic heterocycles. The second kappa shape index (κ2) is 8.10. The van der Waals surface area contributed by atoms with Crippen molar-refractivity contribution >= 4 is 11.9 Å². The number of carboxylic acids is 1. The average molecular weight is 231 g/mol. The van der Waals surface area contributed by atoms with Crippen molar-refractivity contribution in [2.75, 3.05) is 6.61 Å². The predicted octanol–water partition coefficient (Wildman–Crippen LogP) is 0.764. The van der Waals surface area contributed by atoms with Gasteiger partial charge in [0.25, 0.3) is 0 Å². The first-order valence-corrected chi connectivity index (χ1v) is 5.59. The molecule has 0 aliphatic heterocycles. The summed E-state index contributed by atoms with van der Waals surface area (Å²) in [7, 11) is 0. The van der Waals surface area contributed by atoms with Gasteiger partial charge in [-0.05, 0) is 18.8 Å². The Labute approximate surface area is 95.9 Å². The van der Waals surface area contributed by atoms with Crippen LogP contribution in [0.4, 0.5) is 0 Å². The molecule has 0 aliphatic rings. The van der Waals surface area contributed by atoms with Crippen LogP contribution >= 0.6 is 0 Å². The largest absolute Gasteiger partial charge is 0.481 e. The van der Waals surface area contributed by atoms with Crippen LogP contribution in [0.15, 0.2) is 0 Å². The molecule has 5 heteroatoms. The van der Waals surface area contributed by atoms with Gasteiger partial charge >= 0.3 is 5.97 Å². The van der Waals surface area contributed by atoms with Crippen LogP contribution in [0.1, 0.15) is 39.5 Å². The van der Waals surface area contributed by atoms with Crippen LogP contribution in [0.25, 0.3) is 0 Å². The van der Waals surface area contributed by atoms with E-state index in [1.807, 2.05) is 13.8 Å². The quantitative estimate of drug-likeness (QED) is 0.575. The minimum atomic E-state index is -0.886. The number of aliphatic hydroxyl groups is 1. The summed E-state index contributed by atoms with van der Waals surface area (Å²) in [6.45, 7) is 3.98. The molecule has 0 saturated heterocycles. The summed E-state index contributed by atoms with van der Waals surface area (Å²) in [5.41, 5.74) is 0. The summed E-state index contributed by atoms with van der Waals surface area (Å²) in [4.78, 5) is 21.7. The molecule has 3 N–H and O–H groups in total. The Morgan fingerprint density at radius 1 is 1.25 bits per heavy atom. The van der Waals surface area contributed by atoms with E-state index in [0.29, 0.717) is 12.8 Å². The number of aliphatic hydroxyl groups excluding tert-OH is 1. The zero-order valence-electron chi connectivity index (χ0n) is 9.90. The van der Waals surface area contributed by atoms with Gasteiger partial charge in [0.1, 0.15) is 0 Å². The Morgan fingerprint density at radius 3 is 2.31 bits per heavy atom. The Balaban J connectivity index is 3.86. The first-order valence-electron chi connectivity index (χ1n) is 5.59. The van der Waals surface area contributed by atoms with Crippen LogP contribution in [0.3, 0.4) is 0 Å². The highest BCUT2D eigenvalue weighted by molar-refractivity contribution is 5.77. The van der Waals surface area contributed by atoms with Crippen LogP contribution in [0.5, 0.6) is 0 Å². The monoisotopic (exact) mass is 231 g/mol. The van der Waals surface area contributed by atoms with Gasteiger partial charge in [0.15, 0.2) is 0 Å². The maximum absolute atomic E-state index is 11.4. The standard InChI is InChI=1S/C11H21NO4/c1-8(2)9(6-7-13)12-10(14)4-3-5-11(15)16/h8-9,13H,3-7H2,1-2H3,(H,12,14)(H,15,16). The molecule has 0 aromatic carbocycles. The third-order valence-electron chi connectivity index (χ3n) is 2.39. The molecular weight excluding hydrogens is 210 g/mol. The van der Waals surface area contributed by atoms with Crippen LogP contribution in [0, 0.1) is 5.92 Å². The predicted molar refractivity (Wildman–Crippen MR) is 60.0 cm³/mol. The molecule has 16 heavy (non-hydrogen) atoms. The molecule has 1 unspecified atom stereocenters. The van der Waals surface area contributed by atoms with Crippen LogP contribution < -0.4 is 5.32 Å². The minimum absolute atomic E-state index is 0.0137. The van der Waals surface area contributed by atoms with Crippen molar-refractivity contribution in [1.29, 1.82) is 0 Å². The Hall–Kier alpha value is -1.10. The van der Waals surface area contributed by atoms with Crippen LogP contribution in [-0.2, 0) is 9.59 Å².